The summed E-state index contributed by atoms with van der Waals surface area (Å²) in [6.07, 6.45) is 5.93. The van der Waals surface area contributed by atoms with Crippen LogP contribution < -0.4 is 11.1 Å². The zero-order valence-corrected chi connectivity index (χ0v) is 18.2. The van der Waals surface area contributed by atoms with E-state index >= 15 is 0 Å². The van der Waals surface area contributed by atoms with E-state index in [0.29, 0.717) is 28.7 Å². The number of likely N-dealkylation sites (tertiary alicyclic amines) is 1. The molecule has 2 aromatic heterocycles. The normalized spacial score (nSPS) is 16.3. The molecule has 0 aliphatic carbocycles. The number of fused-ring (bicyclic) bond motifs is 1. The lowest BCUT2D eigenvalue weighted by Crippen LogP contribution is -2.37. The van der Waals surface area contributed by atoms with Crippen LogP contribution in [0.1, 0.15) is 55.5 Å². The molecular weight excluding hydrogens is 422 g/mol. The van der Waals surface area contributed by atoms with Gasteiger partial charge in [-0.15, -0.1) is 0 Å². The molecule has 3 heterocycles. The van der Waals surface area contributed by atoms with Crippen LogP contribution in [0, 0.1) is 0 Å². The summed E-state index contributed by atoms with van der Waals surface area (Å²) in [6.45, 7) is 4.97. The van der Waals surface area contributed by atoms with Crippen molar-refractivity contribution >= 4 is 28.6 Å². The molecule has 1 aliphatic heterocycles. The van der Waals surface area contributed by atoms with Crippen molar-refractivity contribution in [3.8, 4) is 0 Å². The van der Waals surface area contributed by atoms with Crippen LogP contribution in [0.5, 0.6) is 0 Å². The molecule has 1 amide bonds. The smallest absolute Gasteiger partial charge is 0.408 e. The maximum Gasteiger partial charge on any atom is 0.420 e. The summed E-state index contributed by atoms with van der Waals surface area (Å²) in [5.74, 6) is -0.908. The van der Waals surface area contributed by atoms with Crippen molar-refractivity contribution in [2.75, 3.05) is 19.6 Å². The molecule has 1 saturated heterocycles. The number of nitrogens with one attached hydrogen (secondary N) is 1. The van der Waals surface area contributed by atoms with E-state index in [1.165, 1.54) is 30.3 Å². The van der Waals surface area contributed by atoms with Gasteiger partial charge < -0.3 is 19.2 Å². The van der Waals surface area contributed by atoms with Crippen LogP contribution in [0.3, 0.4) is 0 Å². The quantitative estimate of drug-likeness (QED) is 0.593. The van der Waals surface area contributed by atoms with Gasteiger partial charge in [0.05, 0.1) is 12.1 Å². The highest BCUT2D eigenvalue weighted by Crippen LogP contribution is 2.19. The van der Waals surface area contributed by atoms with Gasteiger partial charge in [-0.3, -0.25) is 9.36 Å². The topological polar surface area (TPSA) is 106 Å². The largest absolute Gasteiger partial charge is 0.420 e. The Balaban J connectivity index is 1.33. The summed E-state index contributed by atoms with van der Waals surface area (Å²) in [7, 11) is 0. The molecule has 31 heavy (non-hydrogen) atoms. The second kappa shape index (κ2) is 9.65. The van der Waals surface area contributed by atoms with E-state index in [1.807, 2.05) is 0 Å². The number of carbonyl (C=O) groups excluding carboxylic acids is 1. The molecule has 0 radical (unpaired) electrons. The van der Waals surface area contributed by atoms with Gasteiger partial charge in [0, 0.05) is 17.6 Å². The first-order valence-electron chi connectivity index (χ1n) is 10.6. The average Bonchev–Trinajstić information content (AvgIpc) is 3.22. The van der Waals surface area contributed by atoms with Gasteiger partial charge in [0.2, 0.25) is 0 Å². The summed E-state index contributed by atoms with van der Waals surface area (Å²) in [5.41, 5.74) is 0.935. The number of hydrogen-bond acceptors (Lipinski definition) is 7. The molecule has 0 spiro atoms. The van der Waals surface area contributed by atoms with E-state index in [1.54, 1.807) is 18.2 Å². The number of rotatable bonds is 7. The van der Waals surface area contributed by atoms with Gasteiger partial charge in [-0.25, -0.2) is 4.79 Å². The average molecular weight is 448 g/mol. The van der Waals surface area contributed by atoms with E-state index < -0.39 is 11.7 Å². The molecule has 0 bridgehead atoms. The van der Waals surface area contributed by atoms with Crippen molar-refractivity contribution in [3.63, 3.8) is 0 Å². The third-order valence-electron chi connectivity index (χ3n) is 5.70. The number of oxazole rings is 1. The maximum atomic E-state index is 12.4. The Morgan fingerprint density at radius 2 is 2.03 bits per heavy atom. The Kier molecular flexibility index (Phi) is 6.72. The van der Waals surface area contributed by atoms with Gasteiger partial charge in [-0.1, -0.05) is 29.6 Å². The highest BCUT2D eigenvalue weighted by atomic mass is 35.5. The number of halogens is 1. The molecule has 1 aliphatic rings. The van der Waals surface area contributed by atoms with E-state index in [0.717, 1.165) is 19.5 Å². The van der Waals surface area contributed by atoms with Gasteiger partial charge in [-0.2, -0.15) is 4.98 Å². The minimum absolute atomic E-state index is 0.00888. The molecule has 10 heteroatoms. The number of hydrogen-bond donors (Lipinski definition) is 1. The molecule has 1 fully saturated rings. The first-order valence-corrected chi connectivity index (χ1v) is 11.0. The number of benzene rings is 1. The molecule has 1 aromatic carbocycles. The fourth-order valence-electron chi connectivity index (χ4n) is 3.93. The standard InChI is InChI=1S/C21H26ClN5O4/c1-14(26-10-4-2-3-5-11-26)8-9-23-19(28)20-24-18(25-31-20)13-27-16-12-15(22)6-7-17(16)30-21(27)29/h6-7,12,14H,2-5,8-11,13H2,1H3,(H,23,28)/t14-/m1/s1. The van der Waals surface area contributed by atoms with Gasteiger partial charge in [0.25, 0.3) is 0 Å². The monoisotopic (exact) mass is 447 g/mol. The predicted molar refractivity (Wildman–Crippen MR) is 115 cm³/mol. The van der Waals surface area contributed by atoms with Crippen LogP contribution in [-0.2, 0) is 6.54 Å². The Morgan fingerprint density at radius 1 is 1.26 bits per heavy atom. The van der Waals surface area contributed by atoms with Crippen LogP contribution >= 0.6 is 11.6 Å². The molecule has 1 atom stereocenters. The molecule has 0 saturated carbocycles. The first kappa shape index (κ1) is 21.6. The van der Waals surface area contributed by atoms with Crippen LogP contribution in [0.25, 0.3) is 11.1 Å². The minimum atomic E-state index is -0.560. The Hall–Kier alpha value is -2.65. The molecule has 4 rings (SSSR count). The zero-order chi connectivity index (χ0) is 21.8. The van der Waals surface area contributed by atoms with Crippen LogP contribution in [0.4, 0.5) is 0 Å². The third-order valence-corrected chi connectivity index (χ3v) is 5.94. The number of nitrogens with zero attached hydrogens (tertiary/aromatic N) is 4. The number of aromatic nitrogens is 3. The molecule has 3 aromatic rings. The van der Waals surface area contributed by atoms with Crippen molar-refractivity contribution in [1.29, 1.82) is 0 Å². The maximum absolute atomic E-state index is 12.4. The summed E-state index contributed by atoms with van der Waals surface area (Å²) in [4.78, 5) is 31.1. The summed E-state index contributed by atoms with van der Waals surface area (Å²) >= 11 is 6.01. The summed E-state index contributed by atoms with van der Waals surface area (Å²) in [6, 6.07) is 5.30. The van der Waals surface area contributed by atoms with Gasteiger partial charge in [-0.05, 0) is 57.5 Å². The third kappa shape index (κ3) is 5.16. The minimum Gasteiger partial charge on any atom is -0.408 e. The van der Waals surface area contributed by atoms with Crippen molar-refractivity contribution in [3.05, 3.63) is 45.5 Å². The highest BCUT2D eigenvalue weighted by Gasteiger charge is 2.19. The second-order valence-corrected chi connectivity index (χ2v) is 8.36. The molecule has 1 N–H and O–H groups in total. The van der Waals surface area contributed by atoms with E-state index in [4.69, 9.17) is 20.5 Å². The highest BCUT2D eigenvalue weighted by molar-refractivity contribution is 6.31. The SMILES string of the molecule is C[C@H](CCNC(=O)c1nc(Cn2c(=O)oc3ccc(Cl)cc32)no1)N1CCCCCC1. The van der Waals surface area contributed by atoms with Crippen LogP contribution in [-0.4, -0.2) is 51.2 Å². The molecule has 0 unspecified atom stereocenters. The number of amides is 1. The fraction of sp³-hybridized carbons (Fsp3) is 0.524. The van der Waals surface area contributed by atoms with Crippen molar-refractivity contribution < 1.29 is 13.7 Å². The van der Waals surface area contributed by atoms with Gasteiger partial charge in [0.1, 0.15) is 0 Å². The summed E-state index contributed by atoms with van der Waals surface area (Å²) in [5, 5.41) is 7.14. The summed E-state index contributed by atoms with van der Waals surface area (Å²) < 4.78 is 11.6. The van der Waals surface area contributed by atoms with E-state index in [9.17, 15) is 9.59 Å². The number of carbonyl (C=O) groups is 1. The van der Waals surface area contributed by atoms with E-state index in [-0.39, 0.29) is 18.3 Å². The Morgan fingerprint density at radius 3 is 2.81 bits per heavy atom. The fourth-order valence-corrected chi connectivity index (χ4v) is 4.09. The van der Waals surface area contributed by atoms with Crippen LogP contribution in [0.2, 0.25) is 5.02 Å². The lowest BCUT2D eigenvalue weighted by atomic mass is 10.2. The molecular formula is C21H26ClN5O4. The van der Waals surface area contributed by atoms with Crippen molar-refractivity contribution in [1.82, 2.24) is 24.9 Å². The lowest BCUT2D eigenvalue weighted by Gasteiger charge is -2.27. The van der Waals surface area contributed by atoms with Gasteiger partial charge >= 0.3 is 17.6 Å². The lowest BCUT2D eigenvalue weighted by molar-refractivity contribution is 0.0904. The first-order chi connectivity index (χ1) is 15.0. The van der Waals surface area contributed by atoms with Gasteiger partial charge in [0.15, 0.2) is 11.4 Å². The second-order valence-electron chi connectivity index (χ2n) is 7.93. The molecule has 9 nitrogen and oxygen atoms in total. The Bertz CT molecular complexity index is 1100. The van der Waals surface area contributed by atoms with E-state index in [2.05, 4.69) is 27.3 Å². The Labute approximate surface area is 184 Å². The van der Waals surface area contributed by atoms with Crippen molar-refractivity contribution in [2.24, 2.45) is 0 Å². The van der Waals surface area contributed by atoms with Crippen molar-refractivity contribution in [2.45, 2.75) is 51.6 Å². The molecule has 166 valence electrons. The predicted octanol–water partition coefficient (Wildman–Crippen LogP) is 3.06. The van der Waals surface area contributed by atoms with Crippen LogP contribution in [0.15, 0.2) is 31.9 Å². The zero-order valence-electron chi connectivity index (χ0n) is 17.5.